The first-order chi connectivity index (χ1) is 10.3. The van der Waals surface area contributed by atoms with Gasteiger partial charge in [0.1, 0.15) is 5.69 Å². The average molecular weight is 281 g/mol. The maximum Gasteiger partial charge on any atom is 0.214 e. The monoisotopic (exact) mass is 281 g/mol. The molecule has 3 rings (SSSR count). The summed E-state index contributed by atoms with van der Waals surface area (Å²) < 4.78 is 1.07. The lowest BCUT2D eigenvalue weighted by Gasteiger charge is -2.05. The van der Waals surface area contributed by atoms with Crippen LogP contribution in [-0.2, 0) is 0 Å². The van der Waals surface area contributed by atoms with Gasteiger partial charge in [-0.05, 0) is 0 Å². The third kappa shape index (κ3) is 2.59. The summed E-state index contributed by atoms with van der Waals surface area (Å²) >= 11 is 0. The van der Waals surface area contributed by atoms with E-state index in [-0.39, 0.29) is 0 Å². The van der Waals surface area contributed by atoms with Crippen molar-refractivity contribution in [3.05, 3.63) is 77.1 Å². The largest absolute Gasteiger partial charge is 0.218 e. The van der Waals surface area contributed by atoms with Gasteiger partial charge in [0.25, 0.3) is 0 Å². The zero-order valence-corrected chi connectivity index (χ0v) is 10.9. The van der Waals surface area contributed by atoms with Gasteiger partial charge in [0.05, 0.1) is 0 Å². The van der Waals surface area contributed by atoms with E-state index < -0.39 is 5.09 Å². The third-order valence-corrected chi connectivity index (χ3v) is 2.99. The van der Waals surface area contributed by atoms with Crippen LogP contribution in [-0.4, -0.2) is 14.8 Å². The Bertz CT molecular complexity index is 754. The van der Waals surface area contributed by atoms with Crippen molar-refractivity contribution in [3.8, 4) is 22.5 Å². The van der Waals surface area contributed by atoms with Crippen LogP contribution in [0.1, 0.15) is 0 Å². The van der Waals surface area contributed by atoms with Crippen molar-refractivity contribution in [2.24, 2.45) is 0 Å². The summed E-state index contributed by atoms with van der Waals surface area (Å²) in [5, 5.41) is 9.77. The minimum Gasteiger partial charge on any atom is -0.218 e. The molecule has 104 valence electrons. The zero-order valence-electron chi connectivity index (χ0n) is 10.9. The maximum atomic E-state index is 10.6. The molecule has 0 aliphatic carbocycles. The van der Waals surface area contributed by atoms with E-state index >= 15 is 0 Å². The van der Waals surface area contributed by atoms with Crippen LogP contribution in [0, 0.1) is 10.1 Å². The van der Waals surface area contributed by atoms with Crippen molar-refractivity contribution >= 4 is 0 Å². The fourth-order valence-electron chi connectivity index (χ4n) is 2.13. The van der Waals surface area contributed by atoms with Crippen LogP contribution < -0.4 is 4.94 Å². The van der Waals surface area contributed by atoms with Crippen LogP contribution in [0.4, 0.5) is 0 Å². The molecule has 0 fully saturated rings. The molecule has 0 N–H and O–H groups in total. The lowest BCUT2D eigenvalue weighted by molar-refractivity contribution is -0.749. The molecule has 1 heterocycles. The Kier molecular flexibility index (Phi) is 3.34. The minimum absolute atomic E-state index is 0.540. The molecule has 0 saturated heterocycles. The molecule has 1 aromatic heterocycles. The molecule has 0 radical (unpaired) electrons. The predicted octanol–water partition coefficient (Wildman–Crippen LogP) is 2.84. The molecule has 6 nitrogen and oxygen atoms in total. The lowest BCUT2D eigenvalue weighted by atomic mass is 10.1. The van der Waals surface area contributed by atoms with E-state index in [4.69, 9.17) is 0 Å². The van der Waals surface area contributed by atoms with E-state index in [1.54, 1.807) is 0 Å². The number of aromatic nitrogens is 2. The topological polar surface area (TPSA) is 70.2 Å². The summed E-state index contributed by atoms with van der Waals surface area (Å²) in [5.41, 5.74) is 2.82. The summed E-state index contributed by atoms with van der Waals surface area (Å²) in [6, 6.07) is 18.7. The molecule has 0 aliphatic heterocycles. The molecule has 0 bridgehead atoms. The molecule has 6 heteroatoms. The number of hydrogen-bond donors (Lipinski definition) is 0. The molecular weight excluding hydrogens is 270 g/mol. The van der Waals surface area contributed by atoms with Gasteiger partial charge in [0.15, 0.2) is 10.8 Å². The summed E-state index contributed by atoms with van der Waals surface area (Å²) in [5.74, 6) is 0. The van der Waals surface area contributed by atoms with Crippen LogP contribution >= 0.6 is 0 Å². The highest BCUT2D eigenvalue weighted by atomic mass is 17.0. The Labute approximate surface area is 120 Å². The lowest BCUT2D eigenvalue weighted by Crippen LogP contribution is -2.17. The Morgan fingerprint density at radius 1 is 0.952 bits per heavy atom. The van der Waals surface area contributed by atoms with E-state index in [0.717, 1.165) is 15.9 Å². The van der Waals surface area contributed by atoms with Crippen molar-refractivity contribution in [1.29, 1.82) is 0 Å². The van der Waals surface area contributed by atoms with E-state index in [1.807, 2.05) is 60.7 Å². The number of imidazole rings is 1. The quantitative estimate of drug-likeness (QED) is 0.544. The molecule has 3 aromatic rings. The number of hydrogen-bond acceptors (Lipinski definition) is 4. The molecule has 0 unspecified atom stereocenters. The van der Waals surface area contributed by atoms with E-state index in [9.17, 15) is 10.1 Å². The van der Waals surface area contributed by atoms with Crippen molar-refractivity contribution < 1.29 is 10.0 Å². The summed E-state index contributed by atoms with van der Waals surface area (Å²) in [4.78, 5) is 19.5. The van der Waals surface area contributed by atoms with E-state index in [2.05, 4.69) is 9.92 Å². The highest BCUT2D eigenvalue weighted by Gasteiger charge is 2.20. The highest BCUT2D eigenvalue weighted by molar-refractivity contribution is 5.78. The Balaban J connectivity index is 2.18. The fourth-order valence-corrected chi connectivity index (χ4v) is 2.13. The van der Waals surface area contributed by atoms with Crippen molar-refractivity contribution in [3.63, 3.8) is 0 Å². The van der Waals surface area contributed by atoms with Gasteiger partial charge in [-0.15, -0.1) is 0 Å². The Morgan fingerprint density at radius 2 is 1.52 bits per heavy atom. The minimum atomic E-state index is -0.858. The molecule has 0 aliphatic rings. The Morgan fingerprint density at radius 3 is 2.10 bits per heavy atom. The van der Waals surface area contributed by atoms with Gasteiger partial charge in [0, 0.05) is 11.1 Å². The van der Waals surface area contributed by atoms with Gasteiger partial charge in [0.2, 0.25) is 6.33 Å². The van der Waals surface area contributed by atoms with Gasteiger partial charge < -0.3 is 0 Å². The maximum absolute atomic E-state index is 10.6. The molecule has 21 heavy (non-hydrogen) atoms. The SMILES string of the molecule is O=[N+]([O-])On1cnc(-c2ccccc2)c1-c1ccccc1. The van der Waals surface area contributed by atoms with E-state index in [0.29, 0.717) is 11.4 Å². The first-order valence-corrected chi connectivity index (χ1v) is 6.27. The summed E-state index contributed by atoms with van der Waals surface area (Å²) in [6.45, 7) is 0. The van der Waals surface area contributed by atoms with Gasteiger partial charge in [-0.1, -0.05) is 65.4 Å². The van der Waals surface area contributed by atoms with Crippen LogP contribution in [0.5, 0.6) is 0 Å². The molecule has 0 spiro atoms. The highest BCUT2D eigenvalue weighted by Crippen LogP contribution is 2.30. The summed E-state index contributed by atoms with van der Waals surface area (Å²) in [6.07, 6.45) is 1.30. The molecule has 0 amide bonds. The summed E-state index contributed by atoms with van der Waals surface area (Å²) in [7, 11) is 0. The fraction of sp³-hybridized carbons (Fsp3) is 0. The van der Waals surface area contributed by atoms with Crippen LogP contribution in [0.3, 0.4) is 0 Å². The van der Waals surface area contributed by atoms with Crippen molar-refractivity contribution in [2.75, 3.05) is 0 Å². The van der Waals surface area contributed by atoms with Crippen molar-refractivity contribution in [1.82, 2.24) is 9.71 Å². The number of rotatable bonds is 4. The first-order valence-electron chi connectivity index (χ1n) is 6.27. The molecular formula is C15H11N3O3. The van der Waals surface area contributed by atoms with E-state index in [1.165, 1.54) is 6.33 Å². The second-order valence-electron chi connectivity index (χ2n) is 4.30. The second kappa shape index (κ2) is 5.46. The average Bonchev–Trinajstić information content (AvgIpc) is 2.92. The second-order valence-corrected chi connectivity index (χ2v) is 4.30. The standard InChI is InChI=1S/C15H11N3O3/c19-18(20)21-17-11-16-14(12-7-3-1-4-8-12)15(17)13-9-5-2-6-10-13/h1-11H. The van der Waals surface area contributed by atoms with Gasteiger partial charge in [-0.2, -0.15) is 4.94 Å². The number of nitrogens with zero attached hydrogens (tertiary/aromatic N) is 3. The Hall–Kier alpha value is -3.15. The smallest absolute Gasteiger partial charge is 0.214 e. The van der Waals surface area contributed by atoms with Crippen LogP contribution in [0.25, 0.3) is 22.5 Å². The van der Waals surface area contributed by atoms with Gasteiger partial charge in [-0.3, -0.25) is 0 Å². The first kappa shape index (κ1) is 12.9. The normalized spacial score (nSPS) is 10.3. The van der Waals surface area contributed by atoms with Gasteiger partial charge in [-0.25, -0.2) is 15.1 Å². The zero-order chi connectivity index (χ0) is 14.7. The molecule has 2 aromatic carbocycles. The number of benzene rings is 2. The van der Waals surface area contributed by atoms with Crippen LogP contribution in [0.15, 0.2) is 67.0 Å². The predicted molar refractivity (Wildman–Crippen MR) is 76.7 cm³/mol. The van der Waals surface area contributed by atoms with Crippen LogP contribution in [0.2, 0.25) is 0 Å². The molecule has 0 saturated carbocycles. The van der Waals surface area contributed by atoms with Crippen molar-refractivity contribution in [2.45, 2.75) is 0 Å². The molecule has 0 atom stereocenters. The van der Waals surface area contributed by atoms with Gasteiger partial charge >= 0.3 is 0 Å². The third-order valence-electron chi connectivity index (χ3n) is 2.99.